The lowest BCUT2D eigenvalue weighted by Crippen LogP contribution is -2.24. The predicted molar refractivity (Wildman–Crippen MR) is 76.7 cm³/mol. The molecule has 0 spiro atoms. The van der Waals surface area contributed by atoms with E-state index in [9.17, 15) is 0 Å². The molecule has 0 aliphatic carbocycles. The molecule has 0 atom stereocenters. The Labute approximate surface area is 122 Å². The van der Waals surface area contributed by atoms with Crippen molar-refractivity contribution >= 4 is 11.6 Å². The first-order chi connectivity index (χ1) is 9.43. The maximum absolute atomic E-state index is 5.96. The van der Waals surface area contributed by atoms with E-state index in [1.165, 1.54) is 0 Å². The van der Waals surface area contributed by atoms with E-state index < -0.39 is 0 Å². The van der Waals surface area contributed by atoms with Crippen LogP contribution in [-0.4, -0.2) is 15.6 Å². The number of aromatic nitrogens is 2. The maximum atomic E-state index is 5.96. The van der Waals surface area contributed by atoms with Gasteiger partial charge in [-0.25, -0.2) is 4.98 Å². The van der Waals surface area contributed by atoms with Crippen LogP contribution in [0.25, 0.3) is 0 Å². The van der Waals surface area contributed by atoms with Crippen LogP contribution in [0.15, 0.2) is 24.3 Å². The normalized spacial score (nSPS) is 15.6. The summed E-state index contributed by atoms with van der Waals surface area (Å²) in [7, 11) is 0. The van der Waals surface area contributed by atoms with Crippen LogP contribution in [0.4, 0.5) is 0 Å². The maximum Gasteiger partial charge on any atom is 0.224 e. The molecule has 4 nitrogen and oxygen atoms in total. The quantitative estimate of drug-likeness (QED) is 0.786. The Morgan fingerprint density at radius 3 is 2.85 bits per heavy atom. The van der Waals surface area contributed by atoms with E-state index in [1.807, 2.05) is 12.1 Å². The number of ether oxygens (including phenoxy) is 2. The van der Waals surface area contributed by atoms with Crippen LogP contribution >= 0.6 is 11.6 Å². The Hall–Kier alpha value is -1.81. The van der Waals surface area contributed by atoms with Gasteiger partial charge in [-0.05, 0) is 26.8 Å². The van der Waals surface area contributed by atoms with Crippen molar-refractivity contribution in [2.45, 2.75) is 32.8 Å². The number of halogens is 1. The van der Waals surface area contributed by atoms with E-state index >= 15 is 0 Å². The van der Waals surface area contributed by atoms with Gasteiger partial charge in [0.2, 0.25) is 5.88 Å². The molecule has 0 saturated carbocycles. The number of aryl methyl sites for hydroxylation is 1. The molecule has 0 fully saturated rings. The molecule has 1 aliphatic rings. The first-order valence-corrected chi connectivity index (χ1v) is 6.81. The summed E-state index contributed by atoms with van der Waals surface area (Å²) in [6, 6.07) is 7.46. The third-order valence-electron chi connectivity index (χ3n) is 3.05. The van der Waals surface area contributed by atoms with Crippen LogP contribution in [0.3, 0.4) is 0 Å². The Bertz CT molecular complexity index is 651. The average Bonchev–Trinajstić information content (AvgIpc) is 2.63. The zero-order valence-corrected chi connectivity index (χ0v) is 12.4. The minimum Gasteiger partial charge on any atom is -0.483 e. The number of benzene rings is 1. The van der Waals surface area contributed by atoms with Crippen molar-refractivity contribution in [2.24, 2.45) is 0 Å². The summed E-state index contributed by atoms with van der Waals surface area (Å²) in [4.78, 5) is 8.23. The van der Waals surface area contributed by atoms with Gasteiger partial charge in [-0.1, -0.05) is 23.7 Å². The fourth-order valence-corrected chi connectivity index (χ4v) is 2.55. The topological polar surface area (TPSA) is 44.2 Å². The molecule has 0 radical (unpaired) electrons. The number of hydrogen-bond acceptors (Lipinski definition) is 4. The zero-order chi connectivity index (χ0) is 14.3. The van der Waals surface area contributed by atoms with Crippen LogP contribution in [-0.2, 0) is 6.42 Å². The summed E-state index contributed by atoms with van der Waals surface area (Å²) in [5, 5.41) is 0.362. The highest BCUT2D eigenvalue weighted by Crippen LogP contribution is 2.43. The molecular weight excluding hydrogens is 276 g/mol. The molecule has 3 rings (SSSR count). The summed E-state index contributed by atoms with van der Waals surface area (Å²) in [5.41, 5.74) is 0.936. The summed E-state index contributed by atoms with van der Waals surface area (Å²) in [6.45, 7) is 5.89. The number of hydrogen-bond donors (Lipinski definition) is 0. The van der Waals surface area contributed by atoms with Crippen molar-refractivity contribution in [3.8, 4) is 17.4 Å². The first kappa shape index (κ1) is 13.2. The molecule has 2 heterocycles. The van der Waals surface area contributed by atoms with Gasteiger partial charge >= 0.3 is 0 Å². The van der Waals surface area contributed by atoms with Crippen molar-refractivity contribution in [3.63, 3.8) is 0 Å². The number of rotatable bonds is 2. The van der Waals surface area contributed by atoms with Crippen molar-refractivity contribution in [1.29, 1.82) is 0 Å². The van der Waals surface area contributed by atoms with E-state index in [1.54, 1.807) is 13.0 Å². The number of nitrogens with zero attached hydrogens (tertiary/aromatic N) is 2. The largest absolute Gasteiger partial charge is 0.483 e. The highest BCUT2D eigenvalue weighted by molar-refractivity contribution is 6.29. The molecule has 0 saturated heterocycles. The van der Waals surface area contributed by atoms with Gasteiger partial charge in [0, 0.05) is 18.1 Å². The molecule has 0 amide bonds. The van der Waals surface area contributed by atoms with Crippen LogP contribution in [0.5, 0.6) is 17.4 Å². The van der Waals surface area contributed by atoms with Crippen molar-refractivity contribution in [2.75, 3.05) is 0 Å². The summed E-state index contributed by atoms with van der Waals surface area (Å²) in [5.74, 6) is 2.43. The molecule has 104 valence electrons. The van der Waals surface area contributed by atoms with Crippen LogP contribution < -0.4 is 9.47 Å². The van der Waals surface area contributed by atoms with Crippen LogP contribution in [0.2, 0.25) is 5.15 Å². The van der Waals surface area contributed by atoms with Crippen molar-refractivity contribution < 1.29 is 9.47 Å². The standard InChI is InChI=1S/C15H15ClN2O2/c1-9-17-12(16)7-13(18-9)19-11-6-4-5-10-8-15(2,3)20-14(10)11/h4-7H,8H2,1-3H3. The summed E-state index contributed by atoms with van der Waals surface area (Å²) in [6.07, 6.45) is 0.864. The lowest BCUT2D eigenvalue weighted by atomic mass is 10.0. The van der Waals surface area contributed by atoms with Crippen LogP contribution in [0, 0.1) is 6.92 Å². The molecule has 20 heavy (non-hydrogen) atoms. The lowest BCUT2D eigenvalue weighted by Gasteiger charge is -2.18. The lowest BCUT2D eigenvalue weighted by molar-refractivity contribution is 0.135. The molecule has 1 aliphatic heterocycles. The molecule has 5 heteroatoms. The minimum atomic E-state index is -0.207. The molecule has 2 aromatic rings. The third-order valence-corrected chi connectivity index (χ3v) is 3.25. The predicted octanol–water partition coefficient (Wildman–Crippen LogP) is 3.94. The second-order valence-corrected chi connectivity index (χ2v) is 5.85. The fraction of sp³-hybridized carbons (Fsp3) is 0.333. The summed E-state index contributed by atoms with van der Waals surface area (Å²) >= 11 is 5.92. The molecule has 1 aromatic carbocycles. The monoisotopic (exact) mass is 290 g/mol. The highest BCUT2D eigenvalue weighted by atomic mass is 35.5. The van der Waals surface area contributed by atoms with Crippen molar-refractivity contribution in [1.82, 2.24) is 9.97 Å². The van der Waals surface area contributed by atoms with Gasteiger partial charge < -0.3 is 9.47 Å². The smallest absolute Gasteiger partial charge is 0.224 e. The molecule has 0 bridgehead atoms. The number of para-hydroxylation sites is 1. The van der Waals surface area contributed by atoms with E-state index in [2.05, 4.69) is 29.9 Å². The summed E-state index contributed by atoms with van der Waals surface area (Å²) < 4.78 is 11.8. The Morgan fingerprint density at radius 2 is 2.10 bits per heavy atom. The van der Waals surface area contributed by atoms with Gasteiger partial charge in [0.25, 0.3) is 0 Å². The molecule has 1 aromatic heterocycles. The fourth-order valence-electron chi connectivity index (χ4n) is 2.34. The number of fused-ring (bicyclic) bond motifs is 1. The second kappa shape index (κ2) is 4.63. The van der Waals surface area contributed by atoms with E-state index in [-0.39, 0.29) is 5.60 Å². The van der Waals surface area contributed by atoms with E-state index in [0.717, 1.165) is 17.7 Å². The van der Waals surface area contributed by atoms with Gasteiger partial charge in [0.05, 0.1) is 0 Å². The van der Waals surface area contributed by atoms with E-state index in [0.29, 0.717) is 22.6 Å². The van der Waals surface area contributed by atoms with Gasteiger partial charge in [-0.2, -0.15) is 4.98 Å². The van der Waals surface area contributed by atoms with Gasteiger partial charge in [-0.15, -0.1) is 0 Å². The first-order valence-electron chi connectivity index (χ1n) is 6.43. The van der Waals surface area contributed by atoms with Gasteiger partial charge in [-0.3, -0.25) is 0 Å². The zero-order valence-electron chi connectivity index (χ0n) is 11.6. The molecular formula is C15H15ClN2O2. The Kier molecular flexibility index (Phi) is 3.05. The van der Waals surface area contributed by atoms with Gasteiger partial charge in [0.1, 0.15) is 16.6 Å². The highest BCUT2D eigenvalue weighted by Gasteiger charge is 2.32. The average molecular weight is 291 g/mol. The van der Waals surface area contributed by atoms with Gasteiger partial charge in [0.15, 0.2) is 11.5 Å². The SMILES string of the molecule is Cc1nc(Cl)cc(Oc2cccc3c2OC(C)(C)C3)n1. The van der Waals surface area contributed by atoms with Crippen molar-refractivity contribution in [3.05, 3.63) is 40.8 Å². The van der Waals surface area contributed by atoms with E-state index in [4.69, 9.17) is 21.1 Å². The molecule has 0 N–H and O–H groups in total. The third kappa shape index (κ3) is 2.56. The Balaban J connectivity index is 1.95. The second-order valence-electron chi connectivity index (χ2n) is 5.46. The van der Waals surface area contributed by atoms with Crippen LogP contribution in [0.1, 0.15) is 25.2 Å². The Morgan fingerprint density at radius 1 is 1.30 bits per heavy atom. The molecule has 0 unspecified atom stereocenters. The minimum absolute atomic E-state index is 0.207.